The molecule has 3 saturated carbocycles. The molecular weight excluding hydrogens is 300 g/mol. The van der Waals surface area contributed by atoms with Gasteiger partial charge in [0.2, 0.25) is 0 Å². The molecule has 0 radical (unpaired) electrons. The zero-order chi connectivity index (χ0) is 17.3. The summed E-state index contributed by atoms with van der Waals surface area (Å²) in [6.45, 7) is 6.18. The van der Waals surface area contributed by atoms with E-state index in [1.165, 1.54) is 6.08 Å². The van der Waals surface area contributed by atoms with Crippen molar-refractivity contribution in [2.45, 2.75) is 59.3 Å². The van der Waals surface area contributed by atoms with Crippen LogP contribution >= 0.6 is 0 Å². The first kappa shape index (κ1) is 16.1. The first-order valence-electron chi connectivity index (χ1n) is 9.45. The Hall–Kier alpha value is -1.38. The van der Waals surface area contributed by atoms with Gasteiger partial charge in [-0.2, -0.15) is 0 Å². The summed E-state index contributed by atoms with van der Waals surface area (Å²) in [6.07, 6.45) is 9.48. The predicted octanol–water partition coefficient (Wildman–Crippen LogP) is 4.39. The van der Waals surface area contributed by atoms with Crippen molar-refractivity contribution in [1.29, 1.82) is 0 Å². The van der Waals surface area contributed by atoms with Gasteiger partial charge in [-0.05, 0) is 81.6 Å². The number of fused-ring (bicyclic) bond motifs is 5. The molecule has 4 rings (SSSR count). The minimum absolute atomic E-state index is 0.0805. The highest BCUT2D eigenvalue weighted by molar-refractivity contribution is 5.99. The molecule has 4 aliphatic carbocycles. The molecule has 0 unspecified atom stereocenters. The Morgan fingerprint density at radius 2 is 1.88 bits per heavy atom. The molecule has 3 nitrogen and oxygen atoms in total. The Balaban J connectivity index is 1.71. The molecule has 0 spiro atoms. The molecule has 0 heterocycles. The lowest BCUT2D eigenvalue weighted by molar-refractivity contribution is -0.135. The fourth-order valence-electron chi connectivity index (χ4n) is 6.96. The smallest absolute Gasteiger partial charge is 0.169 e. The summed E-state index contributed by atoms with van der Waals surface area (Å²) >= 11 is 0. The molecule has 0 aromatic rings. The second-order valence-corrected chi connectivity index (χ2v) is 9.01. The van der Waals surface area contributed by atoms with Crippen LogP contribution in [0.25, 0.3) is 0 Å². The second kappa shape index (κ2) is 5.06. The van der Waals surface area contributed by atoms with Crippen LogP contribution in [-0.4, -0.2) is 16.7 Å². The van der Waals surface area contributed by atoms with E-state index in [-0.39, 0.29) is 22.9 Å². The molecule has 0 bridgehead atoms. The molecule has 130 valence electrons. The minimum Gasteiger partial charge on any atom is -0.508 e. The molecule has 0 amide bonds. The van der Waals surface area contributed by atoms with Gasteiger partial charge in [-0.15, -0.1) is 0 Å². The monoisotopic (exact) mass is 328 g/mol. The third-order valence-corrected chi connectivity index (χ3v) is 8.20. The Kier molecular flexibility index (Phi) is 3.40. The molecule has 0 saturated heterocycles. The highest BCUT2D eigenvalue weighted by atomic mass is 16.3. The Morgan fingerprint density at radius 3 is 2.58 bits per heavy atom. The summed E-state index contributed by atoms with van der Waals surface area (Å²) in [6, 6.07) is 0. The van der Waals surface area contributed by atoms with Crippen LogP contribution in [0.4, 0.5) is 0 Å². The van der Waals surface area contributed by atoms with Gasteiger partial charge in [-0.25, -0.2) is 0 Å². The van der Waals surface area contributed by atoms with Gasteiger partial charge < -0.3 is 5.11 Å². The van der Waals surface area contributed by atoms with Gasteiger partial charge in [-0.3, -0.25) is 9.59 Å². The van der Waals surface area contributed by atoms with E-state index in [1.807, 2.05) is 6.08 Å². The summed E-state index contributed by atoms with van der Waals surface area (Å²) in [4.78, 5) is 25.0. The molecule has 3 heteroatoms. The minimum atomic E-state index is -0.440. The third kappa shape index (κ3) is 1.90. The fraction of sp³-hybridized carbons (Fsp3) is 0.714. The maximum absolute atomic E-state index is 12.8. The summed E-state index contributed by atoms with van der Waals surface area (Å²) in [5.74, 6) is 2.21. The van der Waals surface area contributed by atoms with Gasteiger partial charge >= 0.3 is 0 Å². The number of hydrogen-bond donors (Lipinski definition) is 1. The number of carbonyl (C=O) groups excluding carboxylic acids is 2. The van der Waals surface area contributed by atoms with Gasteiger partial charge in [0, 0.05) is 12.0 Å². The molecule has 0 aliphatic heterocycles. The Bertz CT molecular complexity index is 673. The van der Waals surface area contributed by atoms with Crippen molar-refractivity contribution < 1.29 is 14.7 Å². The highest BCUT2D eigenvalue weighted by Crippen LogP contribution is 2.66. The lowest BCUT2D eigenvalue weighted by atomic mass is 9.47. The second-order valence-electron chi connectivity index (χ2n) is 9.01. The van der Waals surface area contributed by atoms with Crippen molar-refractivity contribution >= 4 is 11.6 Å². The van der Waals surface area contributed by atoms with Crippen LogP contribution in [0.15, 0.2) is 23.5 Å². The van der Waals surface area contributed by atoms with Gasteiger partial charge in [0.15, 0.2) is 5.78 Å². The van der Waals surface area contributed by atoms with Crippen molar-refractivity contribution in [3.05, 3.63) is 23.5 Å². The molecular formula is C21H28O3. The fourth-order valence-corrected chi connectivity index (χ4v) is 6.96. The van der Waals surface area contributed by atoms with E-state index in [0.717, 1.165) is 44.1 Å². The van der Waals surface area contributed by atoms with E-state index < -0.39 is 5.41 Å². The summed E-state index contributed by atoms with van der Waals surface area (Å²) < 4.78 is 0. The number of rotatable bonds is 1. The van der Waals surface area contributed by atoms with Gasteiger partial charge in [-0.1, -0.05) is 12.5 Å². The maximum Gasteiger partial charge on any atom is 0.169 e. The maximum atomic E-state index is 12.8. The van der Waals surface area contributed by atoms with Crippen LogP contribution < -0.4 is 0 Å². The highest BCUT2D eigenvalue weighted by Gasteiger charge is 2.61. The van der Waals surface area contributed by atoms with E-state index in [4.69, 9.17) is 0 Å². The summed E-state index contributed by atoms with van der Waals surface area (Å²) in [5.41, 5.74) is 0.809. The molecule has 4 aliphatic rings. The molecule has 0 aromatic carbocycles. The van der Waals surface area contributed by atoms with E-state index in [2.05, 4.69) is 13.8 Å². The zero-order valence-electron chi connectivity index (χ0n) is 15.0. The van der Waals surface area contributed by atoms with Gasteiger partial charge in [0.05, 0.1) is 5.41 Å². The van der Waals surface area contributed by atoms with Crippen molar-refractivity contribution in [2.75, 3.05) is 0 Å². The molecule has 6 atom stereocenters. The van der Waals surface area contributed by atoms with E-state index in [0.29, 0.717) is 23.5 Å². The van der Waals surface area contributed by atoms with Crippen molar-refractivity contribution in [1.82, 2.24) is 0 Å². The average molecular weight is 328 g/mol. The number of hydrogen-bond acceptors (Lipinski definition) is 3. The van der Waals surface area contributed by atoms with E-state index in [1.54, 1.807) is 6.92 Å². The lowest BCUT2D eigenvalue weighted by Crippen LogP contribution is -2.53. The van der Waals surface area contributed by atoms with Crippen molar-refractivity contribution in [3.8, 4) is 0 Å². The number of allylic oxidation sites excluding steroid dienone is 3. The average Bonchev–Trinajstić information content (AvgIpc) is 2.86. The number of Topliss-reactive ketones (excluding diaryl/α,β-unsaturated/α-hetero) is 1. The SMILES string of the molecule is CC(=O)[C@H]1CC[C@@H]2[C@H]3CCC4=CC(O)=CC(=O)[C@@]4(C)[C@@H]3CC[C@]12C. The first-order valence-corrected chi connectivity index (χ1v) is 9.45. The normalized spacial score (nSPS) is 47.2. The topological polar surface area (TPSA) is 54.4 Å². The molecule has 0 aromatic heterocycles. The summed E-state index contributed by atoms with van der Waals surface area (Å²) in [5, 5.41) is 9.84. The predicted molar refractivity (Wildman–Crippen MR) is 92.4 cm³/mol. The zero-order valence-corrected chi connectivity index (χ0v) is 15.0. The van der Waals surface area contributed by atoms with Crippen molar-refractivity contribution in [3.63, 3.8) is 0 Å². The molecule has 3 fully saturated rings. The third-order valence-electron chi connectivity index (χ3n) is 8.20. The van der Waals surface area contributed by atoms with Crippen LogP contribution in [0.5, 0.6) is 0 Å². The van der Waals surface area contributed by atoms with Crippen LogP contribution in [0.1, 0.15) is 59.3 Å². The van der Waals surface area contributed by atoms with Crippen LogP contribution in [0.3, 0.4) is 0 Å². The van der Waals surface area contributed by atoms with E-state index >= 15 is 0 Å². The Labute approximate surface area is 144 Å². The lowest BCUT2D eigenvalue weighted by Gasteiger charge is -2.56. The largest absolute Gasteiger partial charge is 0.508 e. The molecule has 1 N–H and O–H groups in total. The number of carbonyl (C=O) groups is 2. The van der Waals surface area contributed by atoms with Crippen LogP contribution in [0, 0.1) is 34.5 Å². The van der Waals surface area contributed by atoms with Gasteiger partial charge in [0.25, 0.3) is 0 Å². The van der Waals surface area contributed by atoms with Crippen molar-refractivity contribution in [2.24, 2.45) is 34.5 Å². The number of aliphatic hydroxyl groups excluding tert-OH is 1. The molecule has 24 heavy (non-hydrogen) atoms. The number of ketones is 2. The van der Waals surface area contributed by atoms with Crippen LogP contribution in [-0.2, 0) is 9.59 Å². The van der Waals surface area contributed by atoms with Gasteiger partial charge in [0.1, 0.15) is 11.5 Å². The Morgan fingerprint density at radius 1 is 1.12 bits per heavy atom. The number of aliphatic hydroxyl groups is 1. The quantitative estimate of drug-likeness (QED) is 0.777. The first-order chi connectivity index (χ1) is 11.3. The standard InChI is InChI=1S/C21H28O3/c1-12(22)16-6-7-17-15-5-4-13-10-14(23)11-19(24)21(13,3)18(15)8-9-20(16,17)2/h10-11,15-18,23H,4-9H2,1-3H3/t15-,16-,17-,18-,20-,21-/m1/s1. The van der Waals surface area contributed by atoms with Crippen LogP contribution in [0.2, 0.25) is 0 Å². The van der Waals surface area contributed by atoms with E-state index in [9.17, 15) is 14.7 Å². The summed E-state index contributed by atoms with van der Waals surface area (Å²) in [7, 11) is 0.